The van der Waals surface area contributed by atoms with Crippen LogP contribution < -0.4 is 5.32 Å². The summed E-state index contributed by atoms with van der Waals surface area (Å²) in [6.07, 6.45) is 3.71. The quantitative estimate of drug-likeness (QED) is 0.721. The smallest absolute Gasteiger partial charge is 0.00103 e. The molecule has 1 nitrogen and oxygen atoms in total. The van der Waals surface area contributed by atoms with Gasteiger partial charge in [-0.3, -0.25) is 0 Å². The van der Waals surface area contributed by atoms with Crippen LogP contribution in [0.5, 0.6) is 0 Å². The van der Waals surface area contributed by atoms with E-state index in [4.69, 9.17) is 0 Å². The fourth-order valence-electron chi connectivity index (χ4n) is 2.96. The van der Waals surface area contributed by atoms with Gasteiger partial charge in [0.05, 0.1) is 0 Å². The SMILES string of the molecule is Cc1cc(C)c(C)c(CCC(C)(C)CCNC(C)C)c1C. The monoisotopic (exact) mass is 289 g/mol. The first-order valence-electron chi connectivity index (χ1n) is 8.43. The molecule has 0 bridgehead atoms. The second-order valence-corrected chi connectivity index (χ2v) is 7.76. The van der Waals surface area contributed by atoms with E-state index in [2.05, 4.69) is 66.8 Å². The van der Waals surface area contributed by atoms with Crippen LogP contribution in [0.15, 0.2) is 6.07 Å². The van der Waals surface area contributed by atoms with Crippen molar-refractivity contribution in [3.8, 4) is 0 Å². The molecule has 0 aromatic heterocycles. The summed E-state index contributed by atoms with van der Waals surface area (Å²) >= 11 is 0. The molecule has 1 aromatic carbocycles. The highest BCUT2D eigenvalue weighted by molar-refractivity contribution is 5.44. The Labute approximate surface area is 132 Å². The number of nitrogens with one attached hydrogen (secondary N) is 1. The van der Waals surface area contributed by atoms with Crippen molar-refractivity contribution in [3.05, 3.63) is 33.9 Å². The Kier molecular flexibility index (Phi) is 6.46. The molecular formula is C20H35N. The van der Waals surface area contributed by atoms with Crippen LogP contribution in [0.4, 0.5) is 0 Å². The number of benzene rings is 1. The maximum Gasteiger partial charge on any atom is 0.00103 e. The van der Waals surface area contributed by atoms with Gasteiger partial charge in [-0.2, -0.15) is 0 Å². The molecule has 120 valence electrons. The van der Waals surface area contributed by atoms with E-state index in [-0.39, 0.29) is 0 Å². The Bertz CT molecular complexity index is 443. The highest BCUT2D eigenvalue weighted by atomic mass is 14.9. The summed E-state index contributed by atoms with van der Waals surface area (Å²) in [5.74, 6) is 0. The minimum absolute atomic E-state index is 0.401. The molecule has 0 amide bonds. The van der Waals surface area contributed by atoms with E-state index in [0.29, 0.717) is 11.5 Å². The van der Waals surface area contributed by atoms with Crippen LogP contribution in [-0.2, 0) is 6.42 Å². The van der Waals surface area contributed by atoms with Gasteiger partial charge >= 0.3 is 0 Å². The molecule has 1 aromatic rings. The van der Waals surface area contributed by atoms with E-state index in [9.17, 15) is 0 Å². The third-order valence-corrected chi connectivity index (χ3v) is 4.93. The van der Waals surface area contributed by atoms with E-state index in [1.165, 1.54) is 41.5 Å². The minimum atomic E-state index is 0.401. The van der Waals surface area contributed by atoms with Crippen LogP contribution in [0.1, 0.15) is 68.4 Å². The number of hydrogen-bond acceptors (Lipinski definition) is 1. The standard InChI is InChI=1S/C20H35N/c1-14(2)21-12-11-20(7,8)10-9-19-17(5)15(3)13-16(4)18(19)6/h13-14,21H,9-12H2,1-8H3. The number of rotatable bonds is 7. The van der Waals surface area contributed by atoms with Crippen molar-refractivity contribution >= 4 is 0 Å². The molecule has 0 fully saturated rings. The first-order chi connectivity index (χ1) is 9.64. The maximum absolute atomic E-state index is 3.54. The van der Waals surface area contributed by atoms with Crippen LogP contribution in [0.25, 0.3) is 0 Å². The molecule has 1 N–H and O–H groups in total. The lowest BCUT2D eigenvalue weighted by Gasteiger charge is -2.27. The van der Waals surface area contributed by atoms with Crippen molar-refractivity contribution < 1.29 is 0 Å². The zero-order valence-corrected chi connectivity index (χ0v) is 15.5. The lowest BCUT2D eigenvalue weighted by molar-refractivity contribution is 0.298. The third kappa shape index (κ3) is 5.47. The van der Waals surface area contributed by atoms with Gasteiger partial charge < -0.3 is 5.32 Å². The molecule has 1 rings (SSSR count). The average Bonchev–Trinajstić information content (AvgIpc) is 2.35. The summed E-state index contributed by atoms with van der Waals surface area (Å²) < 4.78 is 0. The molecule has 0 spiro atoms. The van der Waals surface area contributed by atoms with Crippen molar-refractivity contribution in [2.24, 2.45) is 5.41 Å². The van der Waals surface area contributed by atoms with Crippen LogP contribution in [0, 0.1) is 33.1 Å². The lowest BCUT2D eigenvalue weighted by atomic mass is 9.81. The molecular weight excluding hydrogens is 254 g/mol. The predicted octanol–water partition coefficient (Wildman–Crippen LogP) is 5.27. The first kappa shape index (κ1) is 18.2. The fourth-order valence-corrected chi connectivity index (χ4v) is 2.96. The summed E-state index contributed by atoms with van der Waals surface area (Å²) in [7, 11) is 0. The Morgan fingerprint density at radius 3 is 1.95 bits per heavy atom. The van der Waals surface area contributed by atoms with Crippen LogP contribution >= 0.6 is 0 Å². The van der Waals surface area contributed by atoms with Gasteiger partial charge in [-0.1, -0.05) is 33.8 Å². The van der Waals surface area contributed by atoms with E-state index >= 15 is 0 Å². The molecule has 0 radical (unpaired) electrons. The molecule has 0 saturated carbocycles. The topological polar surface area (TPSA) is 12.0 Å². The van der Waals surface area contributed by atoms with Gasteiger partial charge in [-0.15, -0.1) is 0 Å². The van der Waals surface area contributed by atoms with E-state index in [0.717, 1.165) is 6.54 Å². The van der Waals surface area contributed by atoms with E-state index in [1.807, 2.05) is 0 Å². The minimum Gasteiger partial charge on any atom is -0.315 e. The van der Waals surface area contributed by atoms with Gasteiger partial charge in [-0.25, -0.2) is 0 Å². The summed E-state index contributed by atoms with van der Waals surface area (Å²) in [6.45, 7) is 19.4. The molecule has 21 heavy (non-hydrogen) atoms. The zero-order chi connectivity index (χ0) is 16.2. The molecule has 0 atom stereocenters. The second kappa shape index (κ2) is 7.45. The van der Waals surface area contributed by atoms with E-state index < -0.39 is 0 Å². The van der Waals surface area contributed by atoms with Gasteiger partial charge in [-0.05, 0) is 86.7 Å². The Balaban J connectivity index is 2.70. The van der Waals surface area contributed by atoms with Crippen LogP contribution in [-0.4, -0.2) is 12.6 Å². The van der Waals surface area contributed by atoms with Gasteiger partial charge in [0.2, 0.25) is 0 Å². The van der Waals surface area contributed by atoms with Gasteiger partial charge in [0.15, 0.2) is 0 Å². The molecule has 0 aliphatic heterocycles. The third-order valence-electron chi connectivity index (χ3n) is 4.93. The molecule has 0 saturated heterocycles. The van der Waals surface area contributed by atoms with Crippen LogP contribution in [0.2, 0.25) is 0 Å². The largest absolute Gasteiger partial charge is 0.315 e. The van der Waals surface area contributed by atoms with E-state index in [1.54, 1.807) is 5.56 Å². The highest BCUT2D eigenvalue weighted by Gasteiger charge is 2.19. The first-order valence-corrected chi connectivity index (χ1v) is 8.43. The van der Waals surface area contributed by atoms with Gasteiger partial charge in [0, 0.05) is 6.04 Å². The summed E-state index contributed by atoms with van der Waals surface area (Å²) in [5, 5.41) is 3.54. The Hall–Kier alpha value is -0.820. The van der Waals surface area contributed by atoms with Gasteiger partial charge in [0.1, 0.15) is 0 Å². The fraction of sp³-hybridized carbons (Fsp3) is 0.700. The normalized spacial score (nSPS) is 12.2. The summed E-state index contributed by atoms with van der Waals surface area (Å²) in [6, 6.07) is 2.91. The Morgan fingerprint density at radius 2 is 1.48 bits per heavy atom. The van der Waals surface area contributed by atoms with Crippen molar-refractivity contribution in [1.82, 2.24) is 5.32 Å². The van der Waals surface area contributed by atoms with Crippen molar-refractivity contribution in [2.45, 2.75) is 80.7 Å². The van der Waals surface area contributed by atoms with Crippen molar-refractivity contribution in [2.75, 3.05) is 6.54 Å². The number of hydrogen-bond donors (Lipinski definition) is 1. The van der Waals surface area contributed by atoms with Crippen LogP contribution in [0.3, 0.4) is 0 Å². The molecule has 0 aliphatic rings. The summed E-state index contributed by atoms with van der Waals surface area (Å²) in [4.78, 5) is 0. The lowest BCUT2D eigenvalue weighted by Crippen LogP contribution is -2.28. The predicted molar refractivity (Wildman–Crippen MR) is 95.2 cm³/mol. The molecule has 0 unspecified atom stereocenters. The second-order valence-electron chi connectivity index (χ2n) is 7.76. The highest BCUT2D eigenvalue weighted by Crippen LogP contribution is 2.30. The average molecular weight is 290 g/mol. The maximum atomic E-state index is 3.54. The Morgan fingerprint density at radius 1 is 0.952 bits per heavy atom. The number of aryl methyl sites for hydroxylation is 2. The molecule has 0 heterocycles. The molecule has 0 aliphatic carbocycles. The van der Waals surface area contributed by atoms with Crippen molar-refractivity contribution in [1.29, 1.82) is 0 Å². The van der Waals surface area contributed by atoms with Gasteiger partial charge in [0.25, 0.3) is 0 Å². The van der Waals surface area contributed by atoms with Crippen molar-refractivity contribution in [3.63, 3.8) is 0 Å². The molecule has 1 heteroatoms. The summed E-state index contributed by atoms with van der Waals surface area (Å²) in [5.41, 5.74) is 7.85. The zero-order valence-electron chi connectivity index (χ0n) is 15.5.